The minimum absolute atomic E-state index is 0.106. The number of rotatable bonds is 4. The molecule has 0 bridgehead atoms. The molecule has 0 unspecified atom stereocenters. The first-order chi connectivity index (χ1) is 13.4. The summed E-state index contributed by atoms with van der Waals surface area (Å²) in [7, 11) is 3.54. The summed E-state index contributed by atoms with van der Waals surface area (Å²) in [6, 6.07) is 3.60. The average molecular weight is 408 g/mol. The van der Waals surface area contributed by atoms with Crippen LogP contribution in [0.4, 0.5) is 11.4 Å². The van der Waals surface area contributed by atoms with E-state index < -0.39 is 0 Å². The fourth-order valence-electron chi connectivity index (χ4n) is 3.19. The first kappa shape index (κ1) is 22.1. The number of carbonyl (C=O) groups is 1. The molecule has 0 saturated carbocycles. The molecule has 0 aliphatic carbocycles. The Morgan fingerprint density at radius 2 is 1.93 bits per heavy atom. The molecule has 4 N–H and O–H groups in total. The Morgan fingerprint density at radius 3 is 2.54 bits per heavy atom. The van der Waals surface area contributed by atoms with E-state index in [1.165, 1.54) is 0 Å². The molecular weight excluding hydrogens is 378 g/mol. The molecule has 1 aliphatic rings. The number of hydrazine groups is 1. The fraction of sp³-hybridized carbons (Fsp3) is 0.526. The quantitative estimate of drug-likeness (QED) is 0.454. The van der Waals surface area contributed by atoms with Crippen LogP contribution < -0.4 is 16.6 Å². The molecule has 1 amide bonds. The molecule has 2 aromatic rings. The summed E-state index contributed by atoms with van der Waals surface area (Å²) in [5.41, 5.74) is 8.57. The first-order valence-corrected chi connectivity index (χ1v) is 9.91. The molecule has 154 valence electrons. The number of piperidine rings is 1. The van der Waals surface area contributed by atoms with E-state index in [0.717, 1.165) is 25.9 Å². The number of aromatic nitrogens is 2. The van der Waals surface area contributed by atoms with Crippen molar-refractivity contribution in [2.75, 3.05) is 44.5 Å². The second kappa shape index (κ2) is 9.86. The van der Waals surface area contributed by atoms with Gasteiger partial charge in [0.05, 0.1) is 23.9 Å². The van der Waals surface area contributed by atoms with Gasteiger partial charge in [0, 0.05) is 33.2 Å². The van der Waals surface area contributed by atoms with Gasteiger partial charge in [0.25, 0.3) is 0 Å². The van der Waals surface area contributed by atoms with Crippen LogP contribution in [0.2, 0.25) is 5.15 Å². The van der Waals surface area contributed by atoms with Gasteiger partial charge < -0.3 is 15.6 Å². The zero-order valence-electron chi connectivity index (χ0n) is 17.0. The summed E-state index contributed by atoms with van der Waals surface area (Å²) in [4.78, 5) is 24.3. The van der Waals surface area contributed by atoms with Crippen molar-refractivity contribution in [2.45, 2.75) is 32.7 Å². The third-order valence-electron chi connectivity index (χ3n) is 4.75. The highest BCUT2D eigenvalue weighted by atomic mass is 35.5. The van der Waals surface area contributed by atoms with Crippen LogP contribution in [0.25, 0.3) is 11.0 Å². The van der Waals surface area contributed by atoms with Crippen molar-refractivity contribution in [2.24, 2.45) is 5.84 Å². The Labute approximate surface area is 171 Å². The molecule has 3 rings (SSSR count). The number of amides is 1. The Morgan fingerprint density at radius 1 is 1.29 bits per heavy atom. The number of likely N-dealkylation sites (N-methyl/N-ethyl adjacent to an activating group) is 1. The molecule has 0 spiro atoms. The smallest absolute Gasteiger partial charge is 0.236 e. The highest BCUT2D eigenvalue weighted by molar-refractivity contribution is 6.29. The maximum atomic E-state index is 11.9. The van der Waals surface area contributed by atoms with E-state index in [2.05, 4.69) is 14.9 Å². The zero-order valence-corrected chi connectivity index (χ0v) is 17.8. The number of halogens is 1. The van der Waals surface area contributed by atoms with Gasteiger partial charge in [-0.15, -0.1) is 0 Å². The van der Waals surface area contributed by atoms with E-state index in [1.54, 1.807) is 42.3 Å². The number of hydrogen-bond acceptors (Lipinski definition) is 7. The number of fused-ring (bicyclic) bond motifs is 1. The van der Waals surface area contributed by atoms with Crippen molar-refractivity contribution < 1.29 is 4.79 Å². The van der Waals surface area contributed by atoms with E-state index in [-0.39, 0.29) is 11.9 Å². The van der Waals surface area contributed by atoms with Gasteiger partial charge in [-0.05, 0) is 25.0 Å². The van der Waals surface area contributed by atoms with Crippen LogP contribution in [0.15, 0.2) is 18.3 Å². The summed E-state index contributed by atoms with van der Waals surface area (Å²) in [6.45, 7) is 6.03. The van der Waals surface area contributed by atoms with Crippen LogP contribution >= 0.6 is 11.6 Å². The average Bonchev–Trinajstić information content (AvgIpc) is 2.69. The van der Waals surface area contributed by atoms with Gasteiger partial charge in [-0.25, -0.2) is 10.8 Å². The lowest BCUT2D eigenvalue weighted by molar-refractivity contribution is -0.130. The molecular formula is C19H30ClN7O. The number of anilines is 2. The number of likely N-dealkylation sites (tertiary alicyclic amines) is 1. The standard InChI is InChI=1S/C17H24ClN7O.C2H6/c1-23(2)15(26)10-24-7-5-11(6-8-24)25(20)17-12(19)9-21-13-3-4-14(18)22-16(13)17;1-2/h3-4,9,11H,5-8,10,19-20H2,1-2H3;1-2H3. The molecule has 8 nitrogen and oxygen atoms in total. The minimum Gasteiger partial charge on any atom is -0.396 e. The fourth-order valence-corrected chi connectivity index (χ4v) is 3.33. The largest absolute Gasteiger partial charge is 0.396 e. The van der Waals surface area contributed by atoms with Crippen LogP contribution in [0.5, 0.6) is 0 Å². The van der Waals surface area contributed by atoms with E-state index in [1.807, 2.05) is 13.8 Å². The van der Waals surface area contributed by atoms with E-state index >= 15 is 0 Å². The van der Waals surface area contributed by atoms with Crippen molar-refractivity contribution in [1.82, 2.24) is 19.8 Å². The van der Waals surface area contributed by atoms with E-state index in [0.29, 0.717) is 34.1 Å². The molecule has 9 heteroatoms. The van der Waals surface area contributed by atoms with Crippen molar-refractivity contribution in [3.8, 4) is 0 Å². The Kier molecular flexibility index (Phi) is 7.79. The minimum atomic E-state index is 0.106. The highest BCUT2D eigenvalue weighted by Gasteiger charge is 2.27. The van der Waals surface area contributed by atoms with Crippen molar-refractivity contribution in [3.63, 3.8) is 0 Å². The van der Waals surface area contributed by atoms with Gasteiger partial charge in [-0.2, -0.15) is 0 Å². The summed E-state index contributed by atoms with van der Waals surface area (Å²) < 4.78 is 0. The number of pyridine rings is 2. The lowest BCUT2D eigenvalue weighted by Crippen LogP contribution is -2.50. The molecule has 0 aromatic carbocycles. The molecule has 1 aliphatic heterocycles. The van der Waals surface area contributed by atoms with Crippen LogP contribution in [0.1, 0.15) is 26.7 Å². The number of nitrogen functional groups attached to an aromatic ring is 1. The summed E-state index contributed by atoms with van der Waals surface area (Å²) in [5.74, 6) is 6.54. The normalized spacial score (nSPS) is 15.1. The molecule has 0 radical (unpaired) electrons. The van der Waals surface area contributed by atoms with Gasteiger partial charge in [-0.3, -0.25) is 14.7 Å². The predicted molar refractivity (Wildman–Crippen MR) is 115 cm³/mol. The monoisotopic (exact) mass is 407 g/mol. The highest BCUT2D eigenvalue weighted by Crippen LogP contribution is 2.32. The van der Waals surface area contributed by atoms with Crippen LogP contribution in [0, 0.1) is 0 Å². The van der Waals surface area contributed by atoms with Crippen LogP contribution in [-0.4, -0.2) is 65.4 Å². The topological polar surface area (TPSA) is 105 Å². The van der Waals surface area contributed by atoms with Gasteiger partial charge in [0.2, 0.25) is 5.91 Å². The van der Waals surface area contributed by atoms with Gasteiger partial charge >= 0.3 is 0 Å². The predicted octanol–water partition coefficient (Wildman–Crippen LogP) is 2.12. The molecule has 1 fully saturated rings. The van der Waals surface area contributed by atoms with Crippen LogP contribution in [0.3, 0.4) is 0 Å². The lowest BCUT2D eigenvalue weighted by atomic mass is 10.0. The molecule has 28 heavy (non-hydrogen) atoms. The first-order valence-electron chi connectivity index (χ1n) is 9.54. The number of nitrogens with two attached hydrogens (primary N) is 2. The maximum absolute atomic E-state index is 11.9. The number of carbonyl (C=O) groups excluding carboxylic acids is 1. The zero-order chi connectivity index (χ0) is 20.8. The molecule has 1 saturated heterocycles. The second-order valence-corrected chi connectivity index (χ2v) is 7.15. The van der Waals surface area contributed by atoms with Crippen molar-refractivity contribution >= 4 is 39.9 Å². The molecule has 0 atom stereocenters. The summed E-state index contributed by atoms with van der Waals surface area (Å²) >= 11 is 6.04. The third kappa shape index (κ3) is 5.01. The SMILES string of the molecule is CC.CN(C)C(=O)CN1CCC(N(N)c2c(N)cnc3ccc(Cl)nc23)CC1. The van der Waals surface area contributed by atoms with E-state index in [9.17, 15) is 4.79 Å². The van der Waals surface area contributed by atoms with Crippen molar-refractivity contribution in [1.29, 1.82) is 0 Å². The Bertz CT molecular complexity index is 801. The summed E-state index contributed by atoms with van der Waals surface area (Å²) in [6.07, 6.45) is 3.26. The summed E-state index contributed by atoms with van der Waals surface area (Å²) in [5, 5.41) is 2.06. The van der Waals surface area contributed by atoms with Crippen molar-refractivity contribution in [3.05, 3.63) is 23.5 Å². The van der Waals surface area contributed by atoms with Gasteiger partial charge in [0.1, 0.15) is 16.4 Å². The Hall–Kier alpha value is -2.16. The number of nitrogens with zero attached hydrogens (tertiary/aromatic N) is 5. The molecule has 2 aromatic heterocycles. The van der Waals surface area contributed by atoms with Gasteiger partial charge in [-0.1, -0.05) is 25.4 Å². The second-order valence-electron chi connectivity index (χ2n) is 6.77. The third-order valence-corrected chi connectivity index (χ3v) is 4.96. The maximum Gasteiger partial charge on any atom is 0.236 e. The molecule has 3 heterocycles. The number of hydrogen-bond donors (Lipinski definition) is 2. The van der Waals surface area contributed by atoms with Gasteiger partial charge in [0.15, 0.2) is 0 Å². The van der Waals surface area contributed by atoms with Crippen LogP contribution in [-0.2, 0) is 4.79 Å². The Balaban J connectivity index is 0.00000136. The van der Waals surface area contributed by atoms with E-state index in [4.69, 9.17) is 23.2 Å². The lowest BCUT2D eigenvalue weighted by Gasteiger charge is -2.37.